The third-order valence-electron chi connectivity index (χ3n) is 2.59. The second-order valence-corrected chi connectivity index (χ2v) is 4.83. The van der Waals surface area contributed by atoms with Gasteiger partial charge in [0.1, 0.15) is 22.3 Å². The molecule has 1 aromatic carbocycles. The molecule has 90 valence electrons. The van der Waals surface area contributed by atoms with Crippen molar-refractivity contribution in [1.29, 1.82) is 0 Å². The first-order chi connectivity index (χ1) is 8.76. The third-order valence-corrected chi connectivity index (χ3v) is 3.63. The summed E-state index contributed by atoms with van der Waals surface area (Å²) in [5.74, 6) is 1.34. The van der Waals surface area contributed by atoms with Crippen molar-refractivity contribution in [2.24, 2.45) is 0 Å². The van der Waals surface area contributed by atoms with Gasteiger partial charge in [0.25, 0.3) is 0 Å². The smallest absolute Gasteiger partial charge is 0.143 e. The summed E-state index contributed by atoms with van der Waals surface area (Å²) in [6.45, 7) is 0. The zero-order valence-electron chi connectivity index (χ0n) is 9.75. The lowest BCUT2D eigenvalue weighted by Crippen LogP contribution is -1.90. The molecule has 0 atom stereocenters. The highest BCUT2D eigenvalue weighted by Crippen LogP contribution is 2.31. The minimum absolute atomic E-state index is 0.504. The Balaban J connectivity index is 2.13. The average molecular weight is 257 g/mol. The van der Waals surface area contributed by atoms with Crippen molar-refractivity contribution in [3.63, 3.8) is 0 Å². The zero-order valence-corrected chi connectivity index (χ0v) is 10.6. The average Bonchev–Trinajstić information content (AvgIpc) is 2.81. The quantitative estimate of drug-likeness (QED) is 0.766. The highest BCUT2D eigenvalue weighted by atomic mass is 32.1. The van der Waals surface area contributed by atoms with Gasteiger partial charge < -0.3 is 10.5 Å². The normalized spacial score (nSPS) is 10.7. The molecule has 0 aliphatic rings. The molecular formula is C13H11N3OS. The Morgan fingerprint density at radius 3 is 2.83 bits per heavy atom. The highest BCUT2D eigenvalue weighted by molar-refractivity contribution is 7.21. The van der Waals surface area contributed by atoms with E-state index in [-0.39, 0.29) is 0 Å². The number of rotatable bonds is 2. The molecule has 0 radical (unpaired) electrons. The van der Waals surface area contributed by atoms with Gasteiger partial charge in [-0.1, -0.05) is 6.07 Å². The summed E-state index contributed by atoms with van der Waals surface area (Å²) < 4.78 is 6.28. The van der Waals surface area contributed by atoms with E-state index in [9.17, 15) is 0 Å². The van der Waals surface area contributed by atoms with E-state index < -0.39 is 0 Å². The topological polar surface area (TPSA) is 61.0 Å². The van der Waals surface area contributed by atoms with Crippen LogP contribution in [0.3, 0.4) is 0 Å². The summed E-state index contributed by atoms with van der Waals surface area (Å²) in [5, 5.41) is 0.866. The predicted molar refractivity (Wildman–Crippen MR) is 73.8 cm³/mol. The number of nitrogen functional groups attached to an aromatic ring is 1. The molecule has 2 heterocycles. The van der Waals surface area contributed by atoms with Crippen molar-refractivity contribution in [1.82, 2.24) is 9.97 Å². The van der Waals surface area contributed by atoms with Gasteiger partial charge in [0.05, 0.1) is 17.3 Å². The van der Waals surface area contributed by atoms with Gasteiger partial charge in [-0.25, -0.2) is 9.97 Å². The number of anilines is 1. The number of nitrogens with zero attached hydrogens (tertiary/aromatic N) is 2. The number of methoxy groups -OCH3 is 1. The molecule has 18 heavy (non-hydrogen) atoms. The Kier molecular flexibility index (Phi) is 2.60. The van der Waals surface area contributed by atoms with Crippen molar-refractivity contribution in [3.05, 3.63) is 36.4 Å². The van der Waals surface area contributed by atoms with Crippen LogP contribution in [0.4, 0.5) is 5.82 Å². The van der Waals surface area contributed by atoms with Gasteiger partial charge in [-0.3, -0.25) is 0 Å². The van der Waals surface area contributed by atoms with Gasteiger partial charge >= 0.3 is 0 Å². The lowest BCUT2D eigenvalue weighted by Gasteiger charge is -1.96. The van der Waals surface area contributed by atoms with Crippen LogP contribution >= 0.6 is 11.3 Å². The fourth-order valence-electron chi connectivity index (χ4n) is 1.71. The van der Waals surface area contributed by atoms with E-state index in [1.807, 2.05) is 30.3 Å². The van der Waals surface area contributed by atoms with E-state index in [1.165, 1.54) is 0 Å². The highest BCUT2D eigenvalue weighted by Gasteiger charge is 2.08. The number of fused-ring (bicyclic) bond motifs is 1. The molecule has 0 spiro atoms. The lowest BCUT2D eigenvalue weighted by atomic mass is 10.3. The lowest BCUT2D eigenvalue weighted by molar-refractivity contribution is 0.415. The Labute approximate surface area is 108 Å². The molecule has 0 saturated carbocycles. The van der Waals surface area contributed by atoms with E-state index >= 15 is 0 Å². The first-order valence-electron chi connectivity index (χ1n) is 5.44. The standard InChI is InChI=1S/C13H11N3OS/c1-17-8-5-6-9-11(7-8)18-13(16-9)10-3-2-4-12(14)15-10/h2-7H,1H3,(H2,14,15). The second kappa shape index (κ2) is 4.27. The van der Waals surface area contributed by atoms with Gasteiger partial charge in [0.2, 0.25) is 0 Å². The first kappa shape index (κ1) is 11.0. The molecule has 4 nitrogen and oxygen atoms in total. The molecule has 0 amide bonds. The van der Waals surface area contributed by atoms with Crippen molar-refractivity contribution < 1.29 is 4.74 Å². The summed E-state index contributed by atoms with van der Waals surface area (Å²) in [5.41, 5.74) is 7.43. The molecule has 3 rings (SSSR count). The van der Waals surface area contributed by atoms with Gasteiger partial charge in [-0.05, 0) is 30.3 Å². The van der Waals surface area contributed by atoms with Crippen molar-refractivity contribution in [3.8, 4) is 16.5 Å². The zero-order chi connectivity index (χ0) is 12.5. The van der Waals surface area contributed by atoms with E-state index in [0.717, 1.165) is 26.7 Å². The first-order valence-corrected chi connectivity index (χ1v) is 6.25. The van der Waals surface area contributed by atoms with Crippen LogP contribution in [0.2, 0.25) is 0 Å². The number of thiazole rings is 1. The summed E-state index contributed by atoms with van der Waals surface area (Å²) in [7, 11) is 1.66. The van der Waals surface area contributed by atoms with Crippen LogP contribution in [0.1, 0.15) is 0 Å². The van der Waals surface area contributed by atoms with Crippen molar-refractivity contribution in [2.75, 3.05) is 12.8 Å². The largest absolute Gasteiger partial charge is 0.497 e. The van der Waals surface area contributed by atoms with E-state index in [2.05, 4.69) is 9.97 Å². The maximum Gasteiger partial charge on any atom is 0.143 e. The number of nitrogens with two attached hydrogens (primary N) is 1. The number of hydrogen-bond donors (Lipinski definition) is 1. The number of ether oxygens (including phenoxy) is 1. The van der Waals surface area contributed by atoms with Gasteiger partial charge in [-0.15, -0.1) is 11.3 Å². The van der Waals surface area contributed by atoms with Gasteiger partial charge in [0.15, 0.2) is 0 Å². The van der Waals surface area contributed by atoms with Crippen LogP contribution < -0.4 is 10.5 Å². The fraction of sp³-hybridized carbons (Fsp3) is 0.0769. The summed E-state index contributed by atoms with van der Waals surface area (Å²) in [4.78, 5) is 8.82. The molecule has 0 bridgehead atoms. The third kappa shape index (κ3) is 1.89. The Hall–Kier alpha value is -2.14. The molecular weight excluding hydrogens is 246 g/mol. The number of hydrogen-bond acceptors (Lipinski definition) is 5. The predicted octanol–water partition coefficient (Wildman–Crippen LogP) is 2.95. The molecule has 0 aliphatic carbocycles. The maximum atomic E-state index is 5.68. The van der Waals surface area contributed by atoms with Crippen LogP contribution in [0.25, 0.3) is 20.9 Å². The number of benzene rings is 1. The van der Waals surface area contributed by atoms with Gasteiger partial charge in [-0.2, -0.15) is 0 Å². The maximum absolute atomic E-state index is 5.68. The summed E-state index contributed by atoms with van der Waals surface area (Å²) in [6.07, 6.45) is 0. The Morgan fingerprint density at radius 2 is 2.06 bits per heavy atom. The summed E-state index contributed by atoms with van der Waals surface area (Å²) >= 11 is 1.58. The molecule has 0 fully saturated rings. The molecule has 2 N–H and O–H groups in total. The molecule has 0 aliphatic heterocycles. The van der Waals surface area contributed by atoms with Crippen LogP contribution in [0.5, 0.6) is 5.75 Å². The van der Waals surface area contributed by atoms with Crippen LogP contribution in [0, 0.1) is 0 Å². The SMILES string of the molecule is COc1ccc2nc(-c3cccc(N)n3)sc2c1. The van der Waals surface area contributed by atoms with Crippen molar-refractivity contribution >= 4 is 27.4 Å². The van der Waals surface area contributed by atoms with Crippen molar-refractivity contribution in [2.45, 2.75) is 0 Å². The molecule has 3 aromatic rings. The fourth-order valence-corrected chi connectivity index (χ4v) is 2.68. The molecule has 5 heteroatoms. The second-order valence-electron chi connectivity index (χ2n) is 3.80. The minimum Gasteiger partial charge on any atom is -0.497 e. The van der Waals surface area contributed by atoms with E-state index in [1.54, 1.807) is 24.5 Å². The van der Waals surface area contributed by atoms with Crippen LogP contribution in [-0.4, -0.2) is 17.1 Å². The Morgan fingerprint density at radius 1 is 1.17 bits per heavy atom. The summed E-state index contributed by atoms with van der Waals surface area (Å²) in [6, 6.07) is 11.4. The van der Waals surface area contributed by atoms with E-state index in [0.29, 0.717) is 5.82 Å². The molecule has 2 aromatic heterocycles. The van der Waals surface area contributed by atoms with Crippen LogP contribution in [-0.2, 0) is 0 Å². The molecule has 0 unspecified atom stereocenters. The minimum atomic E-state index is 0.504. The molecule has 0 saturated heterocycles. The monoisotopic (exact) mass is 257 g/mol. The number of pyridine rings is 1. The van der Waals surface area contributed by atoms with Crippen LogP contribution in [0.15, 0.2) is 36.4 Å². The Bertz CT molecular complexity index is 708. The van der Waals surface area contributed by atoms with E-state index in [4.69, 9.17) is 10.5 Å². The number of aromatic nitrogens is 2. The van der Waals surface area contributed by atoms with Gasteiger partial charge in [0, 0.05) is 0 Å².